The first-order valence-corrected chi connectivity index (χ1v) is 9.28. The molecule has 5 heteroatoms. The molecule has 132 valence electrons. The summed E-state index contributed by atoms with van der Waals surface area (Å²) >= 11 is 1.45. The second-order valence-electron chi connectivity index (χ2n) is 5.88. The lowest BCUT2D eigenvalue weighted by Gasteiger charge is -2.17. The fourth-order valence-corrected chi connectivity index (χ4v) is 3.38. The lowest BCUT2D eigenvalue weighted by atomic mass is 10.1. The van der Waals surface area contributed by atoms with Gasteiger partial charge in [-0.05, 0) is 22.6 Å². The molecule has 1 atom stereocenters. The molecule has 0 fully saturated rings. The van der Waals surface area contributed by atoms with Crippen LogP contribution in [0.25, 0.3) is 0 Å². The van der Waals surface area contributed by atoms with Crippen molar-refractivity contribution in [2.45, 2.75) is 19.0 Å². The largest absolute Gasteiger partial charge is 0.350 e. The standard InChI is InChI=1S/C21H20N2O2S/c24-19(14-16-8-3-1-4-9-16)23-20(18-12-7-13-26-18)21(25)22-15-17-10-5-2-6-11-17/h1-13,20H,14-15H2,(H,22,25)(H,23,24)/t20-/m0/s1. The first-order chi connectivity index (χ1) is 12.7. The highest BCUT2D eigenvalue weighted by Gasteiger charge is 2.23. The van der Waals surface area contributed by atoms with E-state index in [9.17, 15) is 9.59 Å². The van der Waals surface area contributed by atoms with Crippen LogP contribution in [0.3, 0.4) is 0 Å². The Morgan fingerprint density at radius 3 is 2.12 bits per heavy atom. The molecule has 0 radical (unpaired) electrons. The van der Waals surface area contributed by atoms with E-state index in [0.717, 1.165) is 16.0 Å². The maximum atomic E-state index is 12.7. The van der Waals surface area contributed by atoms with Gasteiger partial charge >= 0.3 is 0 Å². The molecular formula is C21H20N2O2S. The highest BCUT2D eigenvalue weighted by molar-refractivity contribution is 7.10. The number of benzene rings is 2. The summed E-state index contributed by atoms with van der Waals surface area (Å²) in [5.41, 5.74) is 1.93. The molecule has 0 aliphatic rings. The Labute approximate surface area is 156 Å². The monoisotopic (exact) mass is 364 g/mol. The third kappa shape index (κ3) is 5.04. The van der Waals surface area contributed by atoms with E-state index in [1.54, 1.807) is 0 Å². The van der Waals surface area contributed by atoms with E-state index in [-0.39, 0.29) is 18.2 Å². The molecule has 0 saturated carbocycles. The Balaban J connectivity index is 1.65. The predicted octanol–water partition coefficient (Wildman–Crippen LogP) is 3.46. The third-order valence-corrected chi connectivity index (χ3v) is 4.85. The number of thiophene rings is 1. The zero-order chi connectivity index (χ0) is 18.2. The van der Waals surface area contributed by atoms with E-state index < -0.39 is 6.04 Å². The normalized spacial score (nSPS) is 11.5. The molecule has 2 amide bonds. The van der Waals surface area contributed by atoms with Gasteiger partial charge in [0, 0.05) is 11.4 Å². The predicted molar refractivity (Wildman–Crippen MR) is 104 cm³/mol. The summed E-state index contributed by atoms with van der Waals surface area (Å²) in [6.07, 6.45) is 0.245. The van der Waals surface area contributed by atoms with Crippen LogP contribution >= 0.6 is 11.3 Å². The Kier molecular flexibility index (Phi) is 6.17. The van der Waals surface area contributed by atoms with Crippen molar-refractivity contribution in [2.75, 3.05) is 0 Å². The average Bonchev–Trinajstić information content (AvgIpc) is 3.20. The highest BCUT2D eigenvalue weighted by Crippen LogP contribution is 2.19. The first-order valence-electron chi connectivity index (χ1n) is 8.41. The molecule has 0 aliphatic carbocycles. The van der Waals surface area contributed by atoms with E-state index in [1.807, 2.05) is 78.2 Å². The van der Waals surface area contributed by atoms with Gasteiger partial charge in [-0.1, -0.05) is 66.7 Å². The van der Waals surface area contributed by atoms with Crippen LogP contribution in [0, 0.1) is 0 Å². The molecule has 26 heavy (non-hydrogen) atoms. The van der Waals surface area contributed by atoms with Gasteiger partial charge in [-0.25, -0.2) is 0 Å². The lowest BCUT2D eigenvalue weighted by Crippen LogP contribution is -2.40. The van der Waals surface area contributed by atoms with Crippen LogP contribution in [0.2, 0.25) is 0 Å². The van der Waals surface area contributed by atoms with Gasteiger partial charge in [0.25, 0.3) is 0 Å². The smallest absolute Gasteiger partial charge is 0.248 e. The maximum absolute atomic E-state index is 12.7. The van der Waals surface area contributed by atoms with Crippen molar-refractivity contribution >= 4 is 23.2 Å². The number of amides is 2. The van der Waals surface area contributed by atoms with Gasteiger partial charge in [0.1, 0.15) is 6.04 Å². The van der Waals surface area contributed by atoms with Crippen molar-refractivity contribution in [3.63, 3.8) is 0 Å². The van der Waals surface area contributed by atoms with Crippen molar-refractivity contribution in [1.29, 1.82) is 0 Å². The Hall–Kier alpha value is -2.92. The van der Waals surface area contributed by atoms with Crippen molar-refractivity contribution < 1.29 is 9.59 Å². The van der Waals surface area contributed by atoms with Crippen molar-refractivity contribution in [2.24, 2.45) is 0 Å². The number of carbonyl (C=O) groups is 2. The Bertz CT molecular complexity index is 833. The topological polar surface area (TPSA) is 58.2 Å². The molecule has 0 aliphatic heterocycles. The molecule has 2 aromatic carbocycles. The Morgan fingerprint density at radius 1 is 0.846 bits per heavy atom. The lowest BCUT2D eigenvalue weighted by molar-refractivity contribution is -0.128. The van der Waals surface area contributed by atoms with Crippen LogP contribution in [0.5, 0.6) is 0 Å². The highest BCUT2D eigenvalue weighted by atomic mass is 32.1. The van der Waals surface area contributed by atoms with E-state index in [1.165, 1.54) is 11.3 Å². The molecule has 0 unspecified atom stereocenters. The second-order valence-corrected chi connectivity index (χ2v) is 6.86. The van der Waals surface area contributed by atoms with Crippen LogP contribution < -0.4 is 10.6 Å². The minimum atomic E-state index is -0.685. The minimum absolute atomic E-state index is 0.176. The van der Waals surface area contributed by atoms with Crippen LogP contribution in [-0.4, -0.2) is 11.8 Å². The average molecular weight is 364 g/mol. The molecule has 3 aromatic rings. The fourth-order valence-electron chi connectivity index (χ4n) is 2.60. The molecule has 0 bridgehead atoms. The van der Waals surface area contributed by atoms with Gasteiger partial charge in [0.05, 0.1) is 6.42 Å². The molecule has 0 saturated heterocycles. The summed E-state index contributed by atoms with van der Waals surface area (Å²) in [5, 5.41) is 7.67. The number of carbonyl (C=O) groups excluding carboxylic acids is 2. The molecule has 1 heterocycles. The van der Waals surface area contributed by atoms with Gasteiger partial charge in [-0.2, -0.15) is 0 Å². The summed E-state index contributed by atoms with van der Waals surface area (Å²) in [6, 6.07) is 22.2. The van der Waals surface area contributed by atoms with Gasteiger partial charge < -0.3 is 10.6 Å². The minimum Gasteiger partial charge on any atom is -0.350 e. The van der Waals surface area contributed by atoms with Crippen LogP contribution in [0.15, 0.2) is 78.2 Å². The van der Waals surface area contributed by atoms with E-state index in [0.29, 0.717) is 6.54 Å². The summed E-state index contributed by atoms with van der Waals surface area (Å²) in [6.45, 7) is 0.427. The van der Waals surface area contributed by atoms with Crippen LogP contribution in [-0.2, 0) is 22.6 Å². The third-order valence-electron chi connectivity index (χ3n) is 3.91. The van der Waals surface area contributed by atoms with Gasteiger partial charge in [0.2, 0.25) is 11.8 Å². The Morgan fingerprint density at radius 2 is 1.50 bits per heavy atom. The van der Waals surface area contributed by atoms with E-state index in [2.05, 4.69) is 10.6 Å². The zero-order valence-electron chi connectivity index (χ0n) is 14.2. The summed E-state index contributed by atoms with van der Waals surface area (Å²) < 4.78 is 0. The second kappa shape index (κ2) is 8.97. The number of rotatable bonds is 7. The SMILES string of the molecule is O=C(Cc1ccccc1)N[C@H](C(=O)NCc1ccccc1)c1cccs1. The summed E-state index contributed by atoms with van der Waals surface area (Å²) in [5.74, 6) is -0.387. The molecule has 3 rings (SSSR count). The van der Waals surface area contributed by atoms with Crippen molar-refractivity contribution in [3.05, 3.63) is 94.2 Å². The number of nitrogens with one attached hydrogen (secondary N) is 2. The van der Waals surface area contributed by atoms with Gasteiger partial charge in [-0.3, -0.25) is 9.59 Å². The molecule has 4 nitrogen and oxygen atoms in total. The summed E-state index contributed by atoms with van der Waals surface area (Å²) in [4.78, 5) is 25.9. The first kappa shape index (κ1) is 17.9. The quantitative estimate of drug-likeness (QED) is 0.674. The van der Waals surface area contributed by atoms with E-state index in [4.69, 9.17) is 0 Å². The fraction of sp³-hybridized carbons (Fsp3) is 0.143. The molecule has 0 spiro atoms. The molecule has 2 N–H and O–H groups in total. The number of hydrogen-bond acceptors (Lipinski definition) is 3. The van der Waals surface area contributed by atoms with Crippen molar-refractivity contribution in [1.82, 2.24) is 10.6 Å². The van der Waals surface area contributed by atoms with E-state index >= 15 is 0 Å². The zero-order valence-corrected chi connectivity index (χ0v) is 15.0. The van der Waals surface area contributed by atoms with Crippen LogP contribution in [0.1, 0.15) is 22.0 Å². The molecule has 1 aromatic heterocycles. The summed E-state index contributed by atoms with van der Waals surface area (Å²) in [7, 11) is 0. The van der Waals surface area contributed by atoms with Gasteiger partial charge in [-0.15, -0.1) is 11.3 Å². The van der Waals surface area contributed by atoms with Crippen LogP contribution in [0.4, 0.5) is 0 Å². The number of hydrogen-bond donors (Lipinski definition) is 2. The van der Waals surface area contributed by atoms with Gasteiger partial charge in [0.15, 0.2) is 0 Å². The maximum Gasteiger partial charge on any atom is 0.248 e. The molecular weight excluding hydrogens is 344 g/mol. The van der Waals surface area contributed by atoms with Crippen molar-refractivity contribution in [3.8, 4) is 0 Å².